The van der Waals surface area contributed by atoms with Gasteiger partial charge in [-0.15, -0.1) is 0 Å². The zero-order valence-corrected chi connectivity index (χ0v) is 22.8. The van der Waals surface area contributed by atoms with E-state index in [1.165, 1.54) is 4.31 Å². The van der Waals surface area contributed by atoms with Crippen molar-refractivity contribution in [1.29, 1.82) is 0 Å². The molecule has 0 unspecified atom stereocenters. The molecule has 0 aliphatic rings. The summed E-state index contributed by atoms with van der Waals surface area (Å²) in [6, 6.07) is 20.7. The third-order valence-corrected chi connectivity index (χ3v) is 8.42. The highest BCUT2D eigenvalue weighted by Crippen LogP contribution is 2.31. The lowest BCUT2D eigenvalue weighted by atomic mass is 9.99. The average molecular weight is 527 g/mol. The highest BCUT2D eigenvalue weighted by molar-refractivity contribution is 7.92. The number of halogens is 1. The Bertz CT molecular complexity index is 1250. The number of unbranched alkanes of at least 4 members (excludes halogenated alkanes) is 1. The van der Waals surface area contributed by atoms with Crippen molar-refractivity contribution in [3.8, 4) is 0 Å². The van der Waals surface area contributed by atoms with Crippen molar-refractivity contribution in [2.45, 2.75) is 57.9 Å². The number of carbonyl (C=O) groups excluding carboxylic acids is 1. The normalized spacial score (nSPS) is 12.2. The van der Waals surface area contributed by atoms with Crippen LogP contribution in [-0.2, 0) is 16.6 Å². The van der Waals surface area contributed by atoms with E-state index in [9.17, 15) is 13.2 Å². The van der Waals surface area contributed by atoms with Crippen LogP contribution in [0.1, 0.15) is 61.0 Å². The molecule has 0 saturated heterocycles. The van der Waals surface area contributed by atoms with E-state index >= 15 is 0 Å². The van der Waals surface area contributed by atoms with Gasteiger partial charge in [0.1, 0.15) is 0 Å². The Kier molecular flexibility index (Phi) is 9.97. The van der Waals surface area contributed by atoms with Crippen LogP contribution in [0.25, 0.3) is 0 Å². The molecule has 1 atom stereocenters. The number of benzene rings is 3. The molecule has 3 rings (SSSR count). The summed E-state index contributed by atoms with van der Waals surface area (Å²) in [4.78, 5) is 12.9. The highest BCUT2D eigenvalue weighted by Gasteiger charge is 2.26. The topological polar surface area (TPSA) is 66.5 Å². The highest BCUT2D eigenvalue weighted by atomic mass is 35.5. The number of rotatable bonds is 12. The minimum absolute atomic E-state index is 0.106. The lowest BCUT2D eigenvalue weighted by molar-refractivity contribution is 0.0946. The number of hydrogen-bond donors (Lipinski definition) is 1. The Labute approximate surface area is 220 Å². The smallest absolute Gasteiger partial charge is 0.264 e. The summed E-state index contributed by atoms with van der Waals surface area (Å²) in [6.07, 6.45) is 4.46. The minimum Gasteiger partial charge on any atom is -0.352 e. The summed E-state index contributed by atoms with van der Waals surface area (Å²) < 4.78 is 28.7. The second kappa shape index (κ2) is 12.9. The van der Waals surface area contributed by atoms with Gasteiger partial charge in [0.2, 0.25) is 0 Å². The van der Waals surface area contributed by atoms with Gasteiger partial charge in [-0.2, -0.15) is 0 Å². The first kappa shape index (κ1) is 27.8. The van der Waals surface area contributed by atoms with Gasteiger partial charge < -0.3 is 5.32 Å². The Balaban J connectivity index is 1.82. The number of amides is 1. The van der Waals surface area contributed by atoms with Crippen molar-refractivity contribution >= 4 is 33.2 Å². The fourth-order valence-corrected chi connectivity index (χ4v) is 5.78. The molecule has 1 N–H and O–H groups in total. The van der Waals surface area contributed by atoms with Crippen LogP contribution in [0, 0.1) is 12.8 Å². The van der Waals surface area contributed by atoms with Crippen LogP contribution in [0.4, 0.5) is 5.69 Å². The van der Waals surface area contributed by atoms with E-state index in [0.29, 0.717) is 28.7 Å². The van der Waals surface area contributed by atoms with E-state index in [1.54, 1.807) is 66.7 Å². The van der Waals surface area contributed by atoms with Crippen molar-refractivity contribution in [3.05, 3.63) is 94.5 Å². The number of aryl methyl sites for hydroxylation is 1. The largest absolute Gasteiger partial charge is 0.352 e. The second-order valence-electron chi connectivity index (χ2n) is 9.08. The molecule has 0 aliphatic heterocycles. The van der Waals surface area contributed by atoms with E-state index in [-0.39, 0.29) is 17.3 Å². The van der Waals surface area contributed by atoms with Crippen LogP contribution in [0.2, 0.25) is 5.02 Å². The predicted molar refractivity (Wildman–Crippen MR) is 148 cm³/mol. The van der Waals surface area contributed by atoms with Crippen LogP contribution in [0.5, 0.6) is 0 Å². The number of nitrogens with one attached hydrogen (secondary N) is 1. The third-order valence-electron chi connectivity index (χ3n) is 6.41. The van der Waals surface area contributed by atoms with Crippen LogP contribution in [-0.4, -0.2) is 20.9 Å². The number of carbonyl (C=O) groups is 1. The van der Waals surface area contributed by atoms with E-state index in [4.69, 9.17) is 11.6 Å². The van der Waals surface area contributed by atoms with E-state index in [2.05, 4.69) is 19.2 Å². The molecule has 0 spiro atoms. The first-order valence-electron chi connectivity index (χ1n) is 12.5. The summed E-state index contributed by atoms with van der Waals surface area (Å²) in [5.74, 6) is 0.363. The summed E-state index contributed by atoms with van der Waals surface area (Å²) in [6.45, 7) is 6.95. The standard InChI is InChI=1S/C29H35ClN2O3S/c1-4-6-10-23(5-2)20-31-29(33)25-16-14-24(15-17-25)21-32(28-19-26(30)18-13-22(28)3)36(34,35)27-11-8-7-9-12-27/h7-9,11-19,23H,4-6,10,20-21H2,1-3H3,(H,31,33)/t23-/m1/s1. The lowest BCUT2D eigenvalue weighted by Gasteiger charge is -2.26. The maximum Gasteiger partial charge on any atom is 0.264 e. The summed E-state index contributed by atoms with van der Waals surface area (Å²) in [5.41, 5.74) is 2.63. The van der Waals surface area contributed by atoms with Gasteiger partial charge in [0.15, 0.2) is 0 Å². The van der Waals surface area contributed by atoms with Crippen molar-refractivity contribution in [1.82, 2.24) is 5.32 Å². The zero-order valence-electron chi connectivity index (χ0n) is 21.2. The van der Waals surface area contributed by atoms with Crippen molar-refractivity contribution in [2.75, 3.05) is 10.8 Å². The zero-order chi connectivity index (χ0) is 26.1. The summed E-state index contributed by atoms with van der Waals surface area (Å²) in [5, 5.41) is 3.50. The Morgan fingerprint density at radius 2 is 1.69 bits per heavy atom. The van der Waals surface area contributed by atoms with E-state index in [1.807, 2.05) is 13.0 Å². The van der Waals surface area contributed by atoms with Crippen molar-refractivity contribution < 1.29 is 13.2 Å². The molecule has 3 aromatic carbocycles. The van der Waals surface area contributed by atoms with Crippen molar-refractivity contribution in [2.24, 2.45) is 5.92 Å². The van der Waals surface area contributed by atoms with Crippen molar-refractivity contribution in [3.63, 3.8) is 0 Å². The molecule has 0 heterocycles. The lowest BCUT2D eigenvalue weighted by Crippen LogP contribution is -2.31. The summed E-state index contributed by atoms with van der Waals surface area (Å²) >= 11 is 6.24. The van der Waals surface area contributed by atoms with Gasteiger partial charge in [-0.05, 0) is 66.8 Å². The maximum atomic E-state index is 13.6. The first-order chi connectivity index (χ1) is 17.3. The quantitative estimate of drug-likeness (QED) is 0.276. The van der Waals surface area contributed by atoms with Crippen LogP contribution < -0.4 is 9.62 Å². The molecule has 0 fully saturated rings. The van der Waals surface area contributed by atoms with Gasteiger partial charge in [0.05, 0.1) is 17.1 Å². The minimum atomic E-state index is -3.85. The number of nitrogens with zero attached hydrogens (tertiary/aromatic N) is 1. The molecule has 0 aliphatic carbocycles. The molecule has 0 saturated carbocycles. The van der Waals surface area contributed by atoms with Crippen LogP contribution in [0.15, 0.2) is 77.7 Å². The molecule has 0 aromatic heterocycles. The number of anilines is 1. The predicted octanol–water partition coefficient (Wildman–Crippen LogP) is 6.99. The molecule has 192 valence electrons. The molecule has 0 bridgehead atoms. The molecule has 5 nitrogen and oxygen atoms in total. The average Bonchev–Trinajstić information content (AvgIpc) is 2.89. The first-order valence-corrected chi connectivity index (χ1v) is 14.3. The molecule has 1 amide bonds. The van der Waals surface area contributed by atoms with Crippen LogP contribution in [0.3, 0.4) is 0 Å². The monoisotopic (exact) mass is 526 g/mol. The summed E-state index contributed by atoms with van der Waals surface area (Å²) in [7, 11) is -3.85. The Hall–Kier alpha value is -2.83. The fraction of sp³-hybridized carbons (Fsp3) is 0.345. The molecule has 0 radical (unpaired) electrons. The van der Waals surface area contributed by atoms with E-state index < -0.39 is 10.0 Å². The SMILES string of the molecule is CCCC[C@@H](CC)CNC(=O)c1ccc(CN(c2cc(Cl)ccc2C)S(=O)(=O)c2ccccc2)cc1. The van der Waals surface area contributed by atoms with Crippen LogP contribution >= 0.6 is 11.6 Å². The molecular formula is C29H35ClN2O3S. The van der Waals surface area contributed by atoms with Gasteiger partial charge in [0.25, 0.3) is 15.9 Å². The fourth-order valence-electron chi connectivity index (χ4n) is 4.08. The number of hydrogen-bond acceptors (Lipinski definition) is 3. The Morgan fingerprint density at radius 1 is 1.00 bits per heavy atom. The molecule has 7 heteroatoms. The van der Waals surface area contributed by atoms with Gasteiger partial charge in [0, 0.05) is 17.1 Å². The molecule has 36 heavy (non-hydrogen) atoms. The maximum absolute atomic E-state index is 13.6. The molecular weight excluding hydrogens is 492 g/mol. The second-order valence-corrected chi connectivity index (χ2v) is 11.4. The van der Waals surface area contributed by atoms with Gasteiger partial charge in [-0.25, -0.2) is 8.42 Å². The van der Waals surface area contributed by atoms with E-state index in [0.717, 1.165) is 36.8 Å². The number of sulfonamides is 1. The third kappa shape index (κ3) is 7.11. The Morgan fingerprint density at radius 3 is 2.33 bits per heavy atom. The van der Waals surface area contributed by atoms with Gasteiger partial charge in [-0.3, -0.25) is 9.10 Å². The molecule has 3 aromatic rings. The van der Waals surface area contributed by atoms with Gasteiger partial charge >= 0.3 is 0 Å². The van der Waals surface area contributed by atoms with Gasteiger partial charge in [-0.1, -0.05) is 81.1 Å².